The maximum Gasteiger partial charge on any atom is 0.303 e. The minimum Gasteiger partial charge on any atom is -0.481 e. The van der Waals surface area contributed by atoms with E-state index in [1.807, 2.05) is 0 Å². The second-order valence-corrected chi connectivity index (χ2v) is 4.03. The van der Waals surface area contributed by atoms with Crippen molar-refractivity contribution in [2.75, 3.05) is 6.54 Å². The van der Waals surface area contributed by atoms with Gasteiger partial charge in [-0.05, 0) is 25.0 Å². The minimum absolute atomic E-state index is 0.0179. The number of nitrogens with zero attached hydrogens (tertiary/aromatic N) is 1. The van der Waals surface area contributed by atoms with Crippen molar-refractivity contribution in [3.8, 4) is 0 Å². The van der Waals surface area contributed by atoms with Gasteiger partial charge in [0.05, 0.1) is 4.92 Å². The number of carbonyl (C=O) groups excluding carboxylic acids is 1. The molecule has 0 bridgehead atoms. The number of unbranched alkanes of at least 4 members (excludes halogenated alkanes) is 1. The van der Waals surface area contributed by atoms with Crippen LogP contribution in [0.15, 0.2) is 18.2 Å². The van der Waals surface area contributed by atoms with Crippen molar-refractivity contribution in [1.82, 2.24) is 5.32 Å². The SMILES string of the molecule is O=C(O)CCCCNC(=O)c1cc(F)ccc1[N+](=O)[O-]. The van der Waals surface area contributed by atoms with Crippen molar-refractivity contribution < 1.29 is 24.0 Å². The van der Waals surface area contributed by atoms with Crippen LogP contribution in [0.5, 0.6) is 0 Å². The molecule has 0 spiro atoms. The van der Waals surface area contributed by atoms with Crippen LogP contribution in [0.25, 0.3) is 0 Å². The third-order valence-electron chi connectivity index (χ3n) is 2.50. The fourth-order valence-corrected chi connectivity index (χ4v) is 1.55. The molecule has 0 saturated heterocycles. The number of nitrogens with one attached hydrogen (secondary N) is 1. The van der Waals surface area contributed by atoms with Crippen LogP contribution in [0, 0.1) is 15.9 Å². The highest BCUT2D eigenvalue weighted by molar-refractivity contribution is 5.98. The van der Waals surface area contributed by atoms with Gasteiger partial charge in [0.15, 0.2) is 0 Å². The average Bonchev–Trinajstić information content (AvgIpc) is 2.37. The van der Waals surface area contributed by atoms with E-state index in [0.29, 0.717) is 12.8 Å². The molecule has 1 aromatic rings. The summed E-state index contributed by atoms with van der Waals surface area (Å²) in [4.78, 5) is 32.0. The zero-order valence-electron chi connectivity index (χ0n) is 10.5. The smallest absolute Gasteiger partial charge is 0.303 e. The molecule has 7 nitrogen and oxygen atoms in total. The quantitative estimate of drug-likeness (QED) is 0.450. The van der Waals surface area contributed by atoms with E-state index in [-0.39, 0.29) is 18.5 Å². The van der Waals surface area contributed by atoms with Crippen LogP contribution in [0.2, 0.25) is 0 Å². The number of benzene rings is 1. The zero-order valence-corrected chi connectivity index (χ0v) is 10.5. The summed E-state index contributed by atoms with van der Waals surface area (Å²) in [6, 6.07) is 2.63. The van der Waals surface area contributed by atoms with E-state index in [0.717, 1.165) is 18.2 Å². The van der Waals surface area contributed by atoms with Crippen molar-refractivity contribution in [3.63, 3.8) is 0 Å². The molecule has 0 atom stereocenters. The maximum absolute atomic E-state index is 13.0. The molecule has 0 aliphatic carbocycles. The minimum atomic E-state index is -0.933. The number of carboxylic acid groups (broad SMARTS) is 1. The molecular weight excluding hydrogens is 271 g/mol. The van der Waals surface area contributed by atoms with Gasteiger partial charge in [-0.3, -0.25) is 19.7 Å². The Morgan fingerprint density at radius 1 is 1.35 bits per heavy atom. The Labute approximate surface area is 113 Å². The van der Waals surface area contributed by atoms with Gasteiger partial charge in [-0.25, -0.2) is 4.39 Å². The van der Waals surface area contributed by atoms with Gasteiger partial charge in [0, 0.05) is 19.0 Å². The number of aliphatic carboxylic acids is 1. The highest BCUT2D eigenvalue weighted by Gasteiger charge is 2.20. The second kappa shape index (κ2) is 7.17. The molecule has 0 aliphatic rings. The lowest BCUT2D eigenvalue weighted by Crippen LogP contribution is -2.25. The highest BCUT2D eigenvalue weighted by atomic mass is 19.1. The average molecular weight is 284 g/mol. The fourth-order valence-electron chi connectivity index (χ4n) is 1.55. The van der Waals surface area contributed by atoms with Crippen molar-refractivity contribution in [2.45, 2.75) is 19.3 Å². The van der Waals surface area contributed by atoms with Crippen LogP contribution >= 0.6 is 0 Å². The molecule has 20 heavy (non-hydrogen) atoms. The lowest BCUT2D eigenvalue weighted by atomic mass is 10.1. The third kappa shape index (κ3) is 4.63. The maximum atomic E-state index is 13.0. The number of hydrogen-bond acceptors (Lipinski definition) is 4. The number of nitro benzene ring substituents is 1. The Kier molecular flexibility index (Phi) is 5.57. The Balaban J connectivity index is 2.61. The number of carboxylic acids is 1. The normalized spacial score (nSPS) is 10.1. The first kappa shape index (κ1) is 15.5. The van der Waals surface area contributed by atoms with E-state index in [2.05, 4.69) is 5.32 Å². The van der Waals surface area contributed by atoms with E-state index in [4.69, 9.17) is 5.11 Å². The van der Waals surface area contributed by atoms with Crippen LogP contribution in [0.1, 0.15) is 29.6 Å². The van der Waals surface area contributed by atoms with Gasteiger partial charge in [0.25, 0.3) is 11.6 Å². The first-order chi connectivity index (χ1) is 9.41. The molecule has 108 valence electrons. The lowest BCUT2D eigenvalue weighted by molar-refractivity contribution is -0.385. The van der Waals surface area contributed by atoms with Gasteiger partial charge >= 0.3 is 5.97 Å². The molecule has 0 saturated carbocycles. The number of amides is 1. The van der Waals surface area contributed by atoms with Crippen molar-refractivity contribution >= 4 is 17.6 Å². The van der Waals surface area contributed by atoms with E-state index in [9.17, 15) is 24.1 Å². The monoisotopic (exact) mass is 284 g/mol. The summed E-state index contributed by atoms with van der Waals surface area (Å²) < 4.78 is 13.0. The molecule has 0 unspecified atom stereocenters. The van der Waals surface area contributed by atoms with E-state index >= 15 is 0 Å². The van der Waals surface area contributed by atoms with Crippen molar-refractivity contribution in [1.29, 1.82) is 0 Å². The number of hydrogen-bond donors (Lipinski definition) is 2. The van der Waals surface area contributed by atoms with Gasteiger partial charge in [0.1, 0.15) is 11.4 Å². The summed E-state index contributed by atoms with van der Waals surface area (Å²) in [6.07, 6.45) is 0.776. The summed E-state index contributed by atoms with van der Waals surface area (Å²) in [7, 11) is 0. The molecule has 0 aliphatic heterocycles. The van der Waals surface area contributed by atoms with Gasteiger partial charge in [-0.1, -0.05) is 0 Å². The van der Waals surface area contributed by atoms with Crippen molar-refractivity contribution in [3.05, 3.63) is 39.7 Å². The van der Waals surface area contributed by atoms with Crippen LogP contribution < -0.4 is 5.32 Å². The number of halogens is 1. The Hall–Kier alpha value is -2.51. The van der Waals surface area contributed by atoms with Crippen LogP contribution in [-0.4, -0.2) is 28.5 Å². The summed E-state index contributed by atoms with van der Waals surface area (Å²) in [5, 5.41) is 21.5. The van der Waals surface area contributed by atoms with Crippen molar-refractivity contribution in [2.24, 2.45) is 0 Å². The number of rotatable bonds is 7. The largest absolute Gasteiger partial charge is 0.481 e. The number of carbonyl (C=O) groups is 2. The van der Waals surface area contributed by atoms with Crippen LogP contribution in [0.4, 0.5) is 10.1 Å². The van der Waals surface area contributed by atoms with Crippen LogP contribution in [-0.2, 0) is 4.79 Å². The molecule has 0 fully saturated rings. The molecule has 2 N–H and O–H groups in total. The standard InChI is InChI=1S/C12H13FN2O5/c13-8-4-5-10(15(19)20)9(7-8)12(18)14-6-2-1-3-11(16)17/h4-5,7H,1-3,6H2,(H,14,18)(H,16,17). The predicted molar refractivity (Wildman–Crippen MR) is 66.9 cm³/mol. The van der Waals surface area contributed by atoms with Gasteiger partial charge in [-0.15, -0.1) is 0 Å². The first-order valence-electron chi connectivity index (χ1n) is 5.85. The molecule has 0 aromatic heterocycles. The molecule has 0 heterocycles. The molecule has 0 radical (unpaired) electrons. The highest BCUT2D eigenvalue weighted by Crippen LogP contribution is 2.19. The second-order valence-electron chi connectivity index (χ2n) is 4.03. The third-order valence-corrected chi connectivity index (χ3v) is 2.50. The summed E-state index contributed by atoms with van der Waals surface area (Å²) in [5.41, 5.74) is -0.831. The lowest BCUT2D eigenvalue weighted by Gasteiger charge is -2.05. The van der Waals surface area contributed by atoms with E-state index in [1.165, 1.54) is 0 Å². The first-order valence-corrected chi connectivity index (χ1v) is 5.85. The van der Waals surface area contributed by atoms with Gasteiger partial charge in [-0.2, -0.15) is 0 Å². The number of nitro groups is 1. The Morgan fingerprint density at radius 2 is 2.05 bits per heavy atom. The zero-order chi connectivity index (χ0) is 15.1. The summed E-state index contributed by atoms with van der Waals surface area (Å²) in [6.45, 7) is 0.166. The Bertz CT molecular complexity index is 533. The van der Waals surface area contributed by atoms with Gasteiger partial charge < -0.3 is 10.4 Å². The summed E-state index contributed by atoms with van der Waals surface area (Å²) >= 11 is 0. The van der Waals surface area contributed by atoms with Gasteiger partial charge in [0.2, 0.25) is 0 Å². The predicted octanol–water partition coefficient (Wildman–Crippen LogP) is 1.72. The Morgan fingerprint density at radius 3 is 2.65 bits per heavy atom. The molecule has 8 heteroatoms. The van der Waals surface area contributed by atoms with Crippen LogP contribution in [0.3, 0.4) is 0 Å². The molecule has 1 aromatic carbocycles. The van der Waals surface area contributed by atoms with E-state index in [1.54, 1.807) is 0 Å². The fraction of sp³-hybridized carbons (Fsp3) is 0.333. The molecule has 1 rings (SSSR count). The van der Waals surface area contributed by atoms with E-state index < -0.39 is 28.3 Å². The topological polar surface area (TPSA) is 110 Å². The molecule has 1 amide bonds. The molecular formula is C12H13FN2O5. The summed E-state index contributed by atoms with van der Waals surface area (Å²) in [5.74, 6) is -2.43.